The minimum absolute atomic E-state index is 1.24. The highest BCUT2D eigenvalue weighted by Crippen LogP contribution is 2.24. The summed E-state index contributed by atoms with van der Waals surface area (Å²) in [6, 6.07) is 8.68. The van der Waals surface area contributed by atoms with Crippen LogP contribution in [0, 0.1) is 0 Å². The lowest BCUT2D eigenvalue weighted by Crippen LogP contribution is -2.39. The molecule has 0 aliphatic heterocycles. The van der Waals surface area contributed by atoms with Crippen LogP contribution in [0.15, 0.2) is 34.8 Å². The van der Waals surface area contributed by atoms with Gasteiger partial charge in [-0.25, -0.2) is 0 Å². The van der Waals surface area contributed by atoms with E-state index in [1.807, 2.05) is 0 Å². The second-order valence-corrected chi connectivity index (χ2v) is 18.1. The van der Waals surface area contributed by atoms with Crippen LogP contribution >= 0.6 is 0 Å². The highest BCUT2D eigenvalue weighted by molar-refractivity contribution is 7.04. The first kappa shape index (κ1) is 17.0. The van der Waals surface area contributed by atoms with Crippen molar-refractivity contribution in [3.05, 3.63) is 40.4 Å². The van der Waals surface area contributed by atoms with Crippen LogP contribution in [0.5, 0.6) is 0 Å². The number of rotatable bonds is 4. The zero-order valence-corrected chi connectivity index (χ0v) is 16.3. The largest absolute Gasteiger partial charge is 0.378 e. The molecular weight excluding hydrogens is 274 g/mol. The maximum Gasteiger partial charge on any atom is 0.0773 e. The Balaban J connectivity index is 3.17. The highest BCUT2D eigenvalue weighted by atomic mass is 28.4. The monoisotopic (exact) mass is 303 g/mol. The fourth-order valence-electron chi connectivity index (χ4n) is 2.58. The Hall–Kier alpha value is -1.03. The summed E-state index contributed by atoms with van der Waals surface area (Å²) < 4.78 is 0. The summed E-state index contributed by atoms with van der Waals surface area (Å²) in [6.07, 6.45) is 2.17. The van der Waals surface area contributed by atoms with E-state index in [-0.39, 0.29) is 0 Å². The first-order valence-electron chi connectivity index (χ1n) is 7.27. The van der Waals surface area contributed by atoms with Crippen molar-refractivity contribution in [1.29, 1.82) is 0 Å². The van der Waals surface area contributed by atoms with Gasteiger partial charge in [0.1, 0.15) is 0 Å². The van der Waals surface area contributed by atoms with Gasteiger partial charge in [-0.3, -0.25) is 0 Å². The normalized spacial score (nSPS) is 11.8. The van der Waals surface area contributed by atoms with Crippen molar-refractivity contribution in [2.24, 2.45) is 0 Å². The Morgan fingerprint density at radius 1 is 0.900 bits per heavy atom. The third kappa shape index (κ3) is 4.82. The maximum atomic E-state index is 3.67. The van der Waals surface area contributed by atoms with E-state index in [9.17, 15) is 0 Å². The van der Waals surface area contributed by atoms with Gasteiger partial charge in [-0.05, 0) is 23.8 Å². The molecule has 1 aromatic carbocycles. The van der Waals surface area contributed by atoms with E-state index in [0.717, 1.165) is 0 Å². The molecule has 20 heavy (non-hydrogen) atoms. The topological polar surface area (TPSA) is 3.24 Å². The number of nitrogens with zero attached hydrogens (tertiary/aromatic N) is 1. The standard InChI is InChI=1S/C17H29NSi2/c1-18(2)16-12-9-15(10-13-16)11-14-17(19(3,4)5)20(6,7)8/h9-13H,1-8H3. The van der Waals surface area contributed by atoms with E-state index < -0.39 is 16.1 Å². The first-order chi connectivity index (χ1) is 9.01. The number of hydrogen-bond acceptors (Lipinski definition) is 1. The fourth-order valence-corrected chi connectivity index (χ4v) is 12.6. The Morgan fingerprint density at radius 3 is 1.70 bits per heavy atom. The summed E-state index contributed by atoms with van der Waals surface area (Å²) in [5.74, 6) is 0. The van der Waals surface area contributed by atoms with E-state index in [2.05, 4.69) is 94.4 Å². The molecule has 0 spiro atoms. The number of benzene rings is 1. The number of hydrogen-bond donors (Lipinski definition) is 0. The zero-order chi connectivity index (χ0) is 15.6. The van der Waals surface area contributed by atoms with Crippen LogP contribution in [0.3, 0.4) is 0 Å². The van der Waals surface area contributed by atoms with Gasteiger partial charge in [-0.15, -0.1) is 5.73 Å². The molecule has 0 heterocycles. The van der Waals surface area contributed by atoms with Gasteiger partial charge in [0.15, 0.2) is 0 Å². The molecule has 0 saturated heterocycles. The number of anilines is 1. The summed E-state index contributed by atoms with van der Waals surface area (Å²) in [5, 5.41) is 0. The highest BCUT2D eigenvalue weighted by Gasteiger charge is 2.30. The predicted molar refractivity (Wildman–Crippen MR) is 99.0 cm³/mol. The lowest BCUT2D eigenvalue weighted by Gasteiger charge is -2.29. The Bertz CT molecular complexity index is 491. The molecule has 1 rings (SSSR count). The van der Waals surface area contributed by atoms with Crippen molar-refractivity contribution in [3.63, 3.8) is 0 Å². The summed E-state index contributed by atoms with van der Waals surface area (Å²) in [7, 11) is 1.58. The SMILES string of the molecule is CN(C)c1ccc(C=C=C([Si](C)(C)C)[Si](C)(C)C)cc1. The molecule has 0 amide bonds. The van der Waals surface area contributed by atoms with Gasteiger partial charge in [-0.1, -0.05) is 56.2 Å². The first-order valence-corrected chi connectivity index (χ1v) is 14.3. The van der Waals surface area contributed by atoms with Gasteiger partial charge >= 0.3 is 0 Å². The molecule has 3 heteroatoms. The average molecular weight is 304 g/mol. The molecule has 110 valence electrons. The summed E-state index contributed by atoms with van der Waals surface area (Å²) in [6.45, 7) is 14.6. The van der Waals surface area contributed by atoms with Crippen LogP contribution < -0.4 is 4.90 Å². The smallest absolute Gasteiger partial charge is 0.0773 e. The molecule has 0 radical (unpaired) electrons. The minimum Gasteiger partial charge on any atom is -0.378 e. The lowest BCUT2D eigenvalue weighted by atomic mass is 10.2. The third-order valence-electron chi connectivity index (χ3n) is 3.29. The molecular formula is C17H29NSi2. The van der Waals surface area contributed by atoms with Gasteiger partial charge < -0.3 is 4.90 Å². The van der Waals surface area contributed by atoms with Crippen LogP contribution in [0.2, 0.25) is 39.3 Å². The Morgan fingerprint density at radius 2 is 1.35 bits per heavy atom. The van der Waals surface area contributed by atoms with Crippen molar-refractivity contribution in [2.45, 2.75) is 39.3 Å². The van der Waals surface area contributed by atoms with Crippen LogP contribution in [0.4, 0.5) is 5.69 Å². The molecule has 0 saturated carbocycles. The van der Waals surface area contributed by atoms with Crippen molar-refractivity contribution in [3.8, 4) is 0 Å². The minimum atomic E-state index is -1.28. The van der Waals surface area contributed by atoms with Crippen molar-refractivity contribution in [2.75, 3.05) is 19.0 Å². The fraction of sp³-hybridized carbons (Fsp3) is 0.471. The molecule has 0 aliphatic rings. The van der Waals surface area contributed by atoms with Crippen molar-refractivity contribution in [1.82, 2.24) is 0 Å². The lowest BCUT2D eigenvalue weighted by molar-refractivity contribution is 1.13. The molecule has 0 atom stereocenters. The quantitative estimate of drug-likeness (QED) is 0.556. The molecule has 0 fully saturated rings. The molecule has 0 unspecified atom stereocenters. The van der Waals surface area contributed by atoms with Crippen molar-refractivity contribution < 1.29 is 0 Å². The summed E-state index contributed by atoms with van der Waals surface area (Å²) in [5.41, 5.74) is 6.14. The van der Waals surface area contributed by atoms with Gasteiger partial charge in [0.2, 0.25) is 0 Å². The molecule has 0 N–H and O–H groups in total. The molecule has 1 aromatic rings. The van der Waals surface area contributed by atoms with E-state index in [4.69, 9.17) is 0 Å². The van der Waals surface area contributed by atoms with Gasteiger partial charge in [0, 0.05) is 19.8 Å². The Labute approximate surface area is 127 Å². The van der Waals surface area contributed by atoms with Crippen LogP contribution in [0.25, 0.3) is 6.08 Å². The summed E-state index contributed by atoms with van der Waals surface area (Å²) >= 11 is 0. The van der Waals surface area contributed by atoms with E-state index in [1.165, 1.54) is 11.3 Å². The molecule has 0 aromatic heterocycles. The average Bonchev–Trinajstić information content (AvgIpc) is 2.26. The van der Waals surface area contributed by atoms with Gasteiger partial charge in [-0.2, -0.15) is 0 Å². The van der Waals surface area contributed by atoms with Crippen LogP contribution in [-0.4, -0.2) is 30.2 Å². The Kier molecular flexibility index (Phi) is 5.25. The molecule has 1 nitrogen and oxygen atoms in total. The zero-order valence-electron chi connectivity index (χ0n) is 14.3. The maximum absolute atomic E-state index is 3.67. The van der Waals surface area contributed by atoms with Gasteiger partial charge in [0.05, 0.1) is 16.1 Å². The van der Waals surface area contributed by atoms with E-state index >= 15 is 0 Å². The van der Waals surface area contributed by atoms with Gasteiger partial charge in [0.25, 0.3) is 0 Å². The van der Waals surface area contributed by atoms with Crippen molar-refractivity contribution >= 4 is 27.9 Å². The van der Waals surface area contributed by atoms with E-state index in [0.29, 0.717) is 0 Å². The second kappa shape index (κ2) is 6.17. The summed E-state index contributed by atoms with van der Waals surface area (Å²) in [4.78, 5) is 3.75. The van der Waals surface area contributed by atoms with Crippen LogP contribution in [-0.2, 0) is 0 Å². The molecule has 0 aliphatic carbocycles. The predicted octanol–water partition coefficient (Wildman–Crippen LogP) is 5.05. The third-order valence-corrected chi connectivity index (χ3v) is 11.1. The second-order valence-electron chi connectivity index (χ2n) is 7.65. The van der Waals surface area contributed by atoms with Crippen LogP contribution in [0.1, 0.15) is 5.56 Å². The van der Waals surface area contributed by atoms with E-state index in [1.54, 1.807) is 4.82 Å². The molecule has 0 bridgehead atoms.